The third kappa shape index (κ3) is 29.5. The highest BCUT2D eigenvalue weighted by Crippen LogP contribution is 2.37. The topological polar surface area (TPSA) is 407 Å². The molecular weight excluding hydrogens is 1770 g/mol. The summed E-state index contributed by atoms with van der Waals surface area (Å²) in [6.07, 6.45) is 6.62. The number of esters is 2. The summed E-state index contributed by atoms with van der Waals surface area (Å²) in [5.74, 6) is -3.36. The van der Waals surface area contributed by atoms with Gasteiger partial charge in [-0.3, -0.25) is 24.0 Å². The Morgan fingerprint density at radius 2 is 0.746 bits per heavy atom. The summed E-state index contributed by atoms with van der Waals surface area (Å²) >= 11 is 3.25. The summed E-state index contributed by atoms with van der Waals surface area (Å²) in [6, 6.07) is 26.7. The minimum absolute atomic E-state index is 0.00951. The number of benzene rings is 4. The number of carbonyl (C=O) groups excluding carboxylic acids is 4. The van der Waals surface area contributed by atoms with Gasteiger partial charge in [-0.05, 0) is 210 Å². The Kier molecular flexibility index (Phi) is 37.1. The van der Waals surface area contributed by atoms with E-state index in [4.69, 9.17) is 18.8 Å². The van der Waals surface area contributed by atoms with Crippen molar-refractivity contribution in [3.63, 3.8) is 0 Å². The van der Waals surface area contributed by atoms with Gasteiger partial charge in [0.05, 0.1) is 65.1 Å². The summed E-state index contributed by atoms with van der Waals surface area (Å²) in [7, 11) is -4.37. The molecule has 126 heavy (non-hydrogen) atoms. The van der Waals surface area contributed by atoms with Crippen LogP contribution in [0.3, 0.4) is 0 Å². The van der Waals surface area contributed by atoms with Gasteiger partial charge in [0.15, 0.2) is 39.3 Å². The molecule has 3 fully saturated rings. The first-order valence-corrected chi connectivity index (χ1v) is 48.8. The van der Waals surface area contributed by atoms with Gasteiger partial charge < -0.3 is 67.3 Å². The highest BCUT2D eigenvalue weighted by Gasteiger charge is 2.52. The van der Waals surface area contributed by atoms with E-state index in [-0.39, 0.29) is 119 Å². The fraction of sp³-hybridized carbons (Fsp3) is 0.449. The van der Waals surface area contributed by atoms with Crippen LogP contribution in [-0.4, -0.2) is 210 Å². The Balaban J connectivity index is 0.000000237. The average molecular weight is 1890 g/mol. The minimum Gasteiger partial charge on any atom is -0.478 e. The number of carboxylic acids is 1. The zero-order chi connectivity index (χ0) is 94.7. The van der Waals surface area contributed by atoms with E-state index in [2.05, 4.69) is 31.3 Å². The van der Waals surface area contributed by atoms with Crippen molar-refractivity contribution in [3.8, 4) is 33.4 Å². The number of pyridine rings is 4. The van der Waals surface area contributed by atoms with Gasteiger partial charge in [0, 0.05) is 161 Å². The molecule has 0 aliphatic carbocycles. The van der Waals surface area contributed by atoms with E-state index in [1.54, 1.807) is 195 Å². The number of piperazine rings is 2. The number of aromatic carboxylic acids is 1. The second kappa shape index (κ2) is 44.6. The molecule has 2 amide bonds. The third-order valence-electron chi connectivity index (χ3n) is 21.1. The molecule has 0 bridgehead atoms. The number of aromatic nitrogens is 4. The van der Waals surface area contributed by atoms with Crippen molar-refractivity contribution >= 4 is 97.8 Å². The first-order chi connectivity index (χ1) is 58.6. The lowest BCUT2D eigenvalue weighted by atomic mass is 9.80. The van der Waals surface area contributed by atoms with Crippen LogP contribution in [0.2, 0.25) is 0 Å². The number of hydrogen-bond donors (Lipinski definition) is 3. The number of hydrogen-bond acceptors (Lipinski definition) is 24. The van der Waals surface area contributed by atoms with Gasteiger partial charge in [-0.15, -0.1) is 0 Å². The van der Waals surface area contributed by atoms with Gasteiger partial charge >= 0.3 is 31.1 Å². The first-order valence-electron chi connectivity index (χ1n) is 40.7. The van der Waals surface area contributed by atoms with Gasteiger partial charge in [0.1, 0.15) is 5.60 Å². The Labute approximate surface area is 747 Å². The lowest BCUT2D eigenvalue weighted by molar-refractivity contribution is 0.00578. The number of aryl methyl sites for hydroxylation is 8. The van der Waals surface area contributed by atoms with E-state index in [0.717, 1.165) is 77.0 Å². The van der Waals surface area contributed by atoms with Crippen LogP contribution in [0.25, 0.3) is 33.4 Å². The van der Waals surface area contributed by atoms with E-state index >= 15 is 0 Å². The maximum Gasteiger partial charge on any atom is 0.496 e. The van der Waals surface area contributed by atoms with Crippen LogP contribution in [0.5, 0.6) is 0 Å². The fourth-order valence-corrected chi connectivity index (χ4v) is 17.2. The number of carboxylic acid groups (broad SMARTS) is 1. The smallest absolute Gasteiger partial charge is 0.478 e. The number of carbonyl (C=O) groups is 5. The van der Waals surface area contributed by atoms with Gasteiger partial charge in [0.2, 0.25) is 0 Å². The second-order valence-electron chi connectivity index (χ2n) is 32.6. The molecule has 0 unspecified atom stereocenters. The summed E-state index contributed by atoms with van der Waals surface area (Å²) in [4.78, 5) is 110. The molecular formula is C89H118BBrN8O23S4. The number of rotatable bonds is 20. The Morgan fingerprint density at radius 1 is 0.444 bits per heavy atom. The molecule has 3 aliphatic rings. The largest absolute Gasteiger partial charge is 0.496 e. The van der Waals surface area contributed by atoms with Crippen LogP contribution < -0.4 is 38.3 Å². The van der Waals surface area contributed by atoms with Crippen molar-refractivity contribution in [2.75, 3.05) is 89.6 Å². The molecule has 4 aromatic carbocycles. The molecule has 31 nitrogen and oxygen atoms in total. The average Bonchev–Trinajstić information content (AvgIpc) is 1.68. The number of amides is 2. The van der Waals surface area contributed by atoms with Crippen molar-refractivity contribution < 1.29 is 86.3 Å². The molecule has 3 saturated heterocycles. The number of ether oxygens (including phenoxy) is 3. The number of nitrogens with zero attached hydrogens (tertiary/aromatic N) is 6. The second-order valence-corrected chi connectivity index (χ2v) is 42.9. The Hall–Kier alpha value is -9.99. The molecule has 686 valence electrons. The molecule has 37 heteroatoms. The predicted octanol–water partition coefficient (Wildman–Crippen LogP) is 9.41. The van der Waals surface area contributed by atoms with Crippen LogP contribution in [0, 0.1) is 27.7 Å². The third-order valence-corrected chi connectivity index (χ3v) is 28.1. The van der Waals surface area contributed by atoms with Crippen LogP contribution in [0.4, 0.5) is 4.79 Å². The van der Waals surface area contributed by atoms with Gasteiger partial charge in [0.25, 0.3) is 28.1 Å². The van der Waals surface area contributed by atoms with Crippen LogP contribution in [0.15, 0.2) is 146 Å². The molecule has 11 rings (SSSR count). The molecule has 0 saturated carbocycles. The van der Waals surface area contributed by atoms with Crippen LogP contribution >= 0.6 is 15.9 Å². The molecule has 0 radical (unpaired) electrons. The van der Waals surface area contributed by atoms with Crippen molar-refractivity contribution in [2.45, 2.75) is 144 Å². The number of halogens is 1. The number of sulfone groups is 4. The maximum atomic E-state index is 13.1. The Morgan fingerprint density at radius 3 is 1.07 bits per heavy atom. The van der Waals surface area contributed by atoms with E-state index in [1.807, 2.05) is 60.6 Å². The van der Waals surface area contributed by atoms with Gasteiger partial charge in [-0.1, -0.05) is 67.9 Å². The molecule has 4 aromatic heterocycles. The SMILES string of the molecule is CC(C)(C)OC(=O)N1CCNCC1.CCS(=O)(=O)Cc1cc(-c2cc(C)c(=O)n(C)c2)ccc1C(=O)N1CCNCC1.CCS(=O)(=O)Cc1cc(-c2cc(C)c(=O)n(C)c2)ccc1C(=O)O.CCS(=O)(=O)Cc1cc(-c2cc(C)c(=O)n(C)c2)ccc1C(=O)OC.CCS(=O)(=O)Cc1cc(Br)ccc1C(=O)OC.Cc1cc(B2OC(C)(C)C(C)(C)O2)cn(C)c1=O. The summed E-state index contributed by atoms with van der Waals surface area (Å²) in [6.45, 7) is 32.8. The van der Waals surface area contributed by atoms with Crippen molar-refractivity contribution in [1.82, 2.24) is 38.7 Å². The lowest BCUT2D eigenvalue weighted by Crippen LogP contribution is -2.48. The molecule has 3 aliphatic heterocycles. The van der Waals surface area contributed by atoms with Crippen molar-refractivity contribution in [2.24, 2.45) is 28.2 Å². The van der Waals surface area contributed by atoms with Crippen molar-refractivity contribution in [1.29, 1.82) is 0 Å². The van der Waals surface area contributed by atoms with E-state index in [1.165, 1.54) is 40.9 Å². The Bertz CT molecular complexity index is 5940. The molecule has 8 aromatic rings. The van der Waals surface area contributed by atoms with Crippen LogP contribution in [-0.2, 0) is 114 Å². The zero-order valence-corrected chi connectivity index (χ0v) is 80.4. The standard InChI is InChI=1S/C21H27N3O4S.C18H21NO5S.C17H19NO5S.C13H20BNO3.C11H13BrO4S.C9H18N2O2/c1-4-29(27,28)14-18-12-16(17-11-15(2)20(25)23(3)13-17)5-6-19(18)21(26)24-9-7-22-8-10-24;1-5-25(22,23)11-15-9-13(6-7-16(15)18(21)24-4)14-8-12(2)17(20)19(3)10-14;1-4-24(22,23)10-14-8-12(5-6-15(14)17(20)21)13-7-11(2)16(19)18(3)9-13;1-9-7-10(8-15(6)11(9)16)14-17-12(2,3)13(4,5)18-14;1-3-17(14,15)7-8-6-9(12)4-5-10(8)11(13)16-2;1-9(2,3)13-8(12)11-6-4-10-5-7-11/h5-6,11-13,22H,4,7-10,14H2,1-3H3;6-10H,5,11H2,1-4H3;5-9H,4,10H2,1-3H3,(H,20,21);7-8H,1-6H3;4-6H,3,7H2,1-2H3;10H,4-7H2,1-3H3. The fourth-order valence-electron chi connectivity index (χ4n) is 13.1. The summed E-state index contributed by atoms with van der Waals surface area (Å²) < 4.78 is 129. The maximum absolute atomic E-state index is 13.1. The van der Waals surface area contributed by atoms with Crippen LogP contribution in [0.1, 0.15) is 162 Å². The molecule has 0 atom stereocenters. The minimum atomic E-state index is -3.37. The summed E-state index contributed by atoms with van der Waals surface area (Å²) in [5.41, 5.74) is 8.90. The van der Waals surface area contributed by atoms with Gasteiger partial charge in [-0.2, -0.15) is 0 Å². The van der Waals surface area contributed by atoms with Gasteiger partial charge in [-0.25, -0.2) is 52.8 Å². The highest BCUT2D eigenvalue weighted by molar-refractivity contribution is 9.10. The number of methoxy groups -OCH3 is 2. The highest BCUT2D eigenvalue weighted by atomic mass is 79.9. The molecule has 7 heterocycles. The first kappa shape index (κ1) is 105. The zero-order valence-electron chi connectivity index (χ0n) is 75.6. The summed E-state index contributed by atoms with van der Waals surface area (Å²) in [5, 5.41) is 15.7. The van der Waals surface area contributed by atoms with E-state index in [9.17, 15) is 81.9 Å². The quantitative estimate of drug-likeness (QED) is 0.0363. The normalized spacial score (nSPS) is 14.3. The lowest BCUT2D eigenvalue weighted by Gasteiger charge is -2.32. The van der Waals surface area contributed by atoms with E-state index in [0.29, 0.717) is 63.2 Å². The van der Waals surface area contributed by atoms with E-state index < -0.39 is 64.4 Å². The monoisotopic (exact) mass is 1880 g/mol. The predicted molar refractivity (Wildman–Crippen MR) is 494 cm³/mol. The number of nitrogens with one attached hydrogen (secondary N) is 2. The molecule has 3 N–H and O–H groups in total. The van der Waals surface area contributed by atoms with Crippen molar-refractivity contribution in [3.05, 3.63) is 234 Å². The molecule has 0 spiro atoms.